The normalized spacial score (nSPS) is 11.1. The van der Waals surface area contributed by atoms with Crippen molar-refractivity contribution in [1.82, 2.24) is 14.8 Å². The quantitative estimate of drug-likeness (QED) is 0.766. The van der Waals surface area contributed by atoms with E-state index in [-0.39, 0.29) is 0 Å². The number of nitrogens with two attached hydrogens (primary N) is 1. The molecule has 0 aliphatic carbocycles. The standard InChI is InChI=1S/C12H12N4S/c13-5-9-6-14-16(7-9)8-12-15-10-3-1-2-4-11(10)17-12/h1-4,6-7H,5,8,13H2. The molecule has 0 atom stereocenters. The first-order valence-electron chi connectivity index (χ1n) is 5.41. The fraction of sp³-hybridized carbons (Fsp3) is 0.167. The number of hydrogen-bond acceptors (Lipinski definition) is 4. The molecule has 0 radical (unpaired) electrons. The van der Waals surface area contributed by atoms with Crippen LogP contribution in [0.15, 0.2) is 36.7 Å². The zero-order chi connectivity index (χ0) is 11.7. The number of nitrogens with zero attached hydrogens (tertiary/aromatic N) is 3. The Kier molecular flexibility index (Phi) is 2.62. The van der Waals surface area contributed by atoms with Crippen LogP contribution < -0.4 is 5.73 Å². The molecule has 0 saturated carbocycles. The van der Waals surface area contributed by atoms with Crippen molar-refractivity contribution in [2.75, 3.05) is 0 Å². The molecule has 0 aliphatic heterocycles. The van der Waals surface area contributed by atoms with Gasteiger partial charge < -0.3 is 5.73 Å². The summed E-state index contributed by atoms with van der Waals surface area (Å²) in [6.45, 7) is 1.24. The molecule has 2 N–H and O–H groups in total. The van der Waals surface area contributed by atoms with Gasteiger partial charge in [0, 0.05) is 18.3 Å². The van der Waals surface area contributed by atoms with Gasteiger partial charge in [-0.2, -0.15) is 5.10 Å². The van der Waals surface area contributed by atoms with Crippen molar-refractivity contribution in [3.63, 3.8) is 0 Å². The first kappa shape index (κ1) is 10.4. The van der Waals surface area contributed by atoms with Crippen molar-refractivity contribution < 1.29 is 0 Å². The van der Waals surface area contributed by atoms with Crippen LogP contribution in [-0.2, 0) is 13.1 Å². The van der Waals surface area contributed by atoms with E-state index < -0.39 is 0 Å². The largest absolute Gasteiger partial charge is 0.326 e. The summed E-state index contributed by atoms with van der Waals surface area (Å²) in [4.78, 5) is 4.57. The van der Waals surface area contributed by atoms with E-state index in [4.69, 9.17) is 5.73 Å². The number of benzene rings is 1. The predicted molar refractivity (Wildman–Crippen MR) is 68.8 cm³/mol. The van der Waals surface area contributed by atoms with Crippen molar-refractivity contribution in [3.05, 3.63) is 47.2 Å². The maximum Gasteiger partial charge on any atom is 0.115 e. The van der Waals surface area contributed by atoms with Crippen molar-refractivity contribution in [2.24, 2.45) is 5.73 Å². The monoisotopic (exact) mass is 244 g/mol. The lowest BCUT2D eigenvalue weighted by Crippen LogP contribution is -1.99. The Labute approximate surface area is 103 Å². The molecule has 17 heavy (non-hydrogen) atoms. The average molecular weight is 244 g/mol. The van der Waals surface area contributed by atoms with E-state index in [0.29, 0.717) is 13.1 Å². The lowest BCUT2D eigenvalue weighted by atomic mass is 10.3. The Morgan fingerprint density at radius 1 is 1.29 bits per heavy atom. The molecule has 2 heterocycles. The van der Waals surface area contributed by atoms with Crippen LogP contribution in [0.1, 0.15) is 10.6 Å². The number of para-hydroxylation sites is 1. The maximum absolute atomic E-state index is 5.55. The van der Waals surface area contributed by atoms with Crippen LogP contribution in [0, 0.1) is 0 Å². The van der Waals surface area contributed by atoms with Crippen molar-refractivity contribution in [3.8, 4) is 0 Å². The third-order valence-corrected chi connectivity index (χ3v) is 3.58. The molecule has 2 aromatic heterocycles. The van der Waals surface area contributed by atoms with Gasteiger partial charge in [0.15, 0.2) is 0 Å². The minimum atomic E-state index is 0.528. The number of aromatic nitrogens is 3. The summed E-state index contributed by atoms with van der Waals surface area (Å²) in [5, 5.41) is 5.32. The molecule has 0 spiro atoms. The van der Waals surface area contributed by atoms with Gasteiger partial charge in [-0.1, -0.05) is 12.1 Å². The molecule has 3 aromatic rings. The van der Waals surface area contributed by atoms with E-state index in [1.165, 1.54) is 4.70 Å². The summed E-state index contributed by atoms with van der Waals surface area (Å²) in [5.74, 6) is 0. The Balaban J connectivity index is 1.89. The van der Waals surface area contributed by atoms with Gasteiger partial charge in [0.05, 0.1) is 23.0 Å². The van der Waals surface area contributed by atoms with E-state index in [9.17, 15) is 0 Å². The Bertz CT molecular complexity index is 608. The second-order valence-corrected chi connectivity index (χ2v) is 4.94. The Hall–Kier alpha value is -1.72. The summed E-state index contributed by atoms with van der Waals surface area (Å²) in [6, 6.07) is 8.16. The summed E-state index contributed by atoms with van der Waals surface area (Å²) in [6.07, 6.45) is 3.76. The van der Waals surface area contributed by atoms with Gasteiger partial charge in [0.1, 0.15) is 5.01 Å². The fourth-order valence-electron chi connectivity index (χ4n) is 1.72. The first-order valence-corrected chi connectivity index (χ1v) is 6.22. The molecule has 0 bridgehead atoms. The van der Waals surface area contributed by atoms with Gasteiger partial charge in [-0.25, -0.2) is 4.98 Å². The number of thiazole rings is 1. The van der Waals surface area contributed by atoms with Crippen LogP contribution in [0.2, 0.25) is 0 Å². The molecular formula is C12H12N4S. The molecule has 0 saturated heterocycles. The second-order valence-electron chi connectivity index (χ2n) is 3.83. The van der Waals surface area contributed by atoms with Gasteiger partial charge in [-0.3, -0.25) is 4.68 Å². The molecule has 1 aromatic carbocycles. The molecule has 0 unspecified atom stereocenters. The fourth-order valence-corrected chi connectivity index (χ4v) is 2.68. The summed E-state index contributed by atoms with van der Waals surface area (Å²) in [5.41, 5.74) is 7.65. The Morgan fingerprint density at radius 2 is 2.18 bits per heavy atom. The molecule has 86 valence electrons. The topological polar surface area (TPSA) is 56.7 Å². The Morgan fingerprint density at radius 3 is 2.94 bits per heavy atom. The number of fused-ring (bicyclic) bond motifs is 1. The first-order chi connectivity index (χ1) is 8.35. The van der Waals surface area contributed by atoms with E-state index >= 15 is 0 Å². The molecule has 0 fully saturated rings. The number of hydrogen-bond donors (Lipinski definition) is 1. The highest BCUT2D eigenvalue weighted by atomic mass is 32.1. The molecule has 3 rings (SSSR count). The smallest absolute Gasteiger partial charge is 0.115 e. The van der Waals surface area contributed by atoms with E-state index in [0.717, 1.165) is 16.1 Å². The van der Waals surface area contributed by atoms with E-state index in [1.807, 2.05) is 29.1 Å². The van der Waals surface area contributed by atoms with Gasteiger partial charge in [-0.05, 0) is 12.1 Å². The molecule has 0 aliphatic rings. The molecule has 0 amide bonds. The minimum Gasteiger partial charge on any atom is -0.326 e. The van der Waals surface area contributed by atoms with Gasteiger partial charge >= 0.3 is 0 Å². The third-order valence-electron chi connectivity index (χ3n) is 2.56. The van der Waals surface area contributed by atoms with Crippen LogP contribution in [0.25, 0.3) is 10.2 Å². The highest BCUT2D eigenvalue weighted by Gasteiger charge is 2.04. The van der Waals surface area contributed by atoms with Gasteiger partial charge in [0.25, 0.3) is 0 Å². The van der Waals surface area contributed by atoms with E-state index in [1.54, 1.807) is 17.5 Å². The maximum atomic E-state index is 5.55. The SMILES string of the molecule is NCc1cnn(Cc2nc3ccccc3s2)c1. The lowest BCUT2D eigenvalue weighted by molar-refractivity contribution is 0.683. The molecular weight excluding hydrogens is 232 g/mol. The number of rotatable bonds is 3. The zero-order valence-corrected chi connectivity index (χ0v) is 10.0. The predicted octanol–water partition coefficient (Wildman–Crippen LogP) is 2.00. The highest BCUT2D eigenvalue weighted by Crippen LogP contribution is 2.21. The van der Waals surface area contributed by atoms with Gasteiger partial charge in [0.2, 0.25) is 0 Å². The summed E-state index contributed by atoms with van der Waals surface area (Å²) in [7, 11) is 0. The average Bonchev–Trinajstić information content (AvgIpc) is 2.94. The molecule has 4 nitrogen and oxygen atoms in total. The van der Waals surface area contributed by atoms with Crippen LogP contribution in [0.3, 0.4) is 0 Å². The third kappa shape index (κ3) is 2.07. The van der Waals surface area contributed by atoms with Crippen molar-refractivity contribution in [2.45, 2.75) is 13.1 Å². The lowest BCUT2D eigenvalue weighted by Gasteiger charge is -1.95. The van der Waals surface area contributed by atoms with Gasteiger partial charge in [-0.15, -0.1) is 11.3 Å². The molecule has 5 heteroatoms. The van der Waals surface area contributed by atoms with Crippen molar-refractivity contribution >= 4 is 21.6 Å². The van der Waals surface area contributed by atoms with Crippen molar-refractivity contribution in [1.29, 1.82) is 0 Å². The second kappa shape index (κ2) is 4.27. The van der Waals surface area contributed by atoms with Crippen LogP contribution in [-0.4, -0.2) is 14.8 Å². The van der Waals surface area contributed by atoms with Crippen LogP contribution >= 0.6 is 11.3 Å². The summed E-state index contributed by atoms with van der Waals surface area (Å²) >= 11 is 1.71. The van der Waals surface area contributed by atoms with E-state index in [2.05, 4.69) is 16.1 Å². The zero-order valence-electron chi connectivity index (χ0n) is 9.21. The minimum absolute atomic E-state index is 0.528. The van der Waals surface area contributed by atoms with Crippen LogP contribution in [0.5, 0.6) is 0 Å². The highest BCUT2D eigenvalue weighted by molar-refractivity contribution is 7.18. The van der Waals surface area contributed by atoms with Crippen LogP contribution in [0.4, 0.5) is 0 Å². The summed E-state index contributed by atoms with van der Waals surface area (Å²) < 4.78 is 3.09.